The second-order valence-corrected chi connectivity index (χ2v) is 5.41. The molecule has 0 saturated heterocycles. The highest BCUT2D eigenvalue weighted by Crippen LogP contribution is 2.07. The van der Waals surface area contributed by atoms with E-state index in [2.05, 4.69) is 0 Å². The molecular formula is C9H19NO3S. The van der Waals surface area contributed by atoms with E-state index in [1.54, 1.807) is 0 Å². The van der Waals surface area contributed by atoms with Gasteiger partial charge in [0.05, 0.1) is 0 Å². The Morgan fingerprint density at radius 2 is 2.00 bits per heavy atom. The zero-order valence-electron chi connectivity index (χ0n) is 8.73. The molecule has 14 heavy (non-hydrogen) atoms. The smallest absolute Gasteiger partial charge is 0.319 e. The largest absolute Gasteiger partial charge is 0.480 e. The molecule has 0 saturated carbocycles. The molecule has 0 aromatic carbocycles. The Hall–Kier alpha value is -0.420. The van der Waals surface area contributed by atoms with Crippen LogP contribution in [-0.2, 0) is 15.6 Å². The van der Waals surface area contributed by atoms with Crippen LogP contribution in [0.15, 0.2) is 0 Å². The monoisotopic (exact) mass is 221 g/mol. The van der Waals surface area contributed by atoms with E-state index in [-0.39, 0.29) is 6.54 Å². The highest BCUT2D eigenvalue weighted by molar-refractivity contribution is 7.86. The van der Waals surface area contributed by atoms with E-state index in [0.717, 1.165) is 6.42 Å². The average Bonchev–Trinajstić information content (AvgIpc) is 2.09. The van der Waals surface area contributed by atoms with E-state index in [4.69, 9.17) is 10.8 Å². The van der Waals surface area contributed by atoms with Crippen molar-refractivity contribution >= 4 is 16.8 Å². The van der Waals surface area contributed by atoms with Gasteiger partial charge in [-0.3, -0.25) is 9.00 Å². The number of hydrogen-bond donors (Lipinski definition) is 2. The second kappa shape index (κ2) is 6.95. The molecule has 0 aromatic heterocycles. The summed E-state index contributed by atoms with van der Waals surface area (Å²) in [6.45, 7) is 4.32. The Labute approximate surface area is 87.3 Å². The number of carbonyl (C=O) groups is 1. The molecule has 0 heterocycles. The Morgan fingerprint density at radius 1 is 1.43 bits per heavy atom. The van der Waals surface area contributed by atoms with Gasteiger partial charge in [-0.1, -0.05) is 13.8 Å². The van der Waals surface area contributed by atoms with Crippen LogP contribution in [0.4, 0.5) is 0 Å². The Bertz CT molecular complexity index is 206. The van der Waals surface area contributed by atoms with Crippen LogP contribution >= 0.6 is 0 Å². The summed E-state index contributed by atoms with van der Waals surface area (Å²) in [4.78, 5) is 10.7. The Morgan fingerprint density at radius 3 is 2.36 bits per heavy atom. The molecule has 0 aromatic rings. The maximum atomic E-state index is 11.6. The predicted molar refractivity (Wildman–Crippen MR) is 57.6 cm³/mol. The van der Waals surface area contributed by atoms with Crippen molar-refractivity contribution in [1.82, 2.24) is 0 Å². The third-order valence-corrected chi connectivity index (χ3v) is 3.63. The van der Waals surface area contributed by atoms with Crippen molar-refractivity contribution in [3.8, 4) is 0 Å². The van der Waals surface area contributed by atoms with Gasteiger partial charge in [-0.15, -0.1) is 0 Å². The average molecular weight is 221 g/mol. The third-order valence-electron chi connectivity index (χ3n) is 1.92. The number of hydrogen-bond acceptors (Lipinski definition) is 3. The van der Waals surface area contributed by atoms with Crippen molar-refractivity contribution in [2.75, 3.05) is 12.3 Å². The Balaban J connectivity index is 4.09. The van der Waals surface area contributed by atoms with Crippen LogP contribution in [0, 0.1) is 5.92 Å². The standard InChI is InChI=1S/C9H19NO3S/c1-7(2)4-6-14(13)8(3-5-10)9(11)12/h7-8H,3-6,10H2,1-2H3,(H,11,12). The number of carboxylic acid groups (broad SMARTS) is 1. The molecular weight excluding hydrogens is 202 g/mol. The van der Waals surface area contributed by atoms with Gasteiger partial charge in [-0.05, 0) is 25.3 Å². The number of aliphatic carboxylic acids is 1. The normalized spacial score (nSPS) is 15.4. The lowest BCUT2D eigenvalue weighted by Crippen LogP contribution is -2.30. The summed E-state index contributed by atoms with van der Waals surface area (Å²) >= 11 is 0. The fourth-order valence-electron chi connectivity index (χ4n) is 1.01. The molecule has 0 rings (SSSR count). The summed E-state index contributed by atoms with van der Waals surface area (Å²) in [5.41, 5.74) is 5.26. The first kappa shape index (κ1) is 13.6. The molecule has 4 nitrogen and oxygen atoms in total. The van der Waals surface area contributed by atoms with E-state index in [0.29, 0.717) is 18.1 Å². The van der Waals surface area contributed by atoms with Crippen LogP contribution in [0.3, 0.4) is 0 Å². The van der Waals surface area contributed by atoms with Gasteiger partial charge in [-0.25, -0.2) is 0 Å². The van der Waals surface area contributed by atoms with Gasteiger partial charge in [0.1, 0.15) is 5.25 Å². The SMILES string of the molecule is CC(C)CCS(=O)C(CCN)C(=O)O. The number of carboxylic acids is 1. The summed E-state index contributed by atoms with van der Waals surface area (Å²) in [5.74, 6) is -0.0990. The lowest BCUT2D eigenvalue weighted by atomic mass is 10.2. The van der Waals surface area contributed by atoms with Crippen LogP contribution in [0.25, 0.3) is 0 Å². The van der Waals surface area contributed by atoms with Crippen molar-refractivity contribution < 1.29 is 14.1 Å². The van der Waals surface area contributed by atoms with Crippen LogP contribution < -0.4 is 5.73 Å². The molecule has 0 bridgehead atoms. The van der Waals surface area contributed by atoms with Gasteiger partial charge in [0.2, 0.25) is 0 Å². The highest BCUT2D eigenvalue weighted by atomic mass is 32.2. The zero-order chi connectivity index (χ0) is 11.1. The summed E-state index contributed by atoms with van der Waals surface area (Å²) in [6.07, 6.45) is 1.08. The Kier molecular flexibility index (Phi) is 6.74. The number of rotatable bonds is 7. The molecule has 2 unspecified atom stereocenters. The maximum absolute atomic E-state index is 11.6. The van der Waals surface area contributed by atoms with E-state index in [9.17, 15) is 9.00 Å². The molecule has 5 heteroatoms. The van der Waals surface area contributed by atoms with E-state index < -0.39 is 22.0 Å². The van der Waals surface area contributed by atoms with Gasteiger partial charge in [0.15, 0.2) is 0 Å². The van der Waals surface area contributed by atoms with E-state index in [1.165, 1.54) is 0 Å². The molecule has 2 atom stereocenters. The minimum absolute atomic E-state index is 0.268. The molecule has 0 fully saturated rings. The quantitative estimate of drug-likeness (QED) is 0.659. The molecule has 0 radical (unpaired) electrons. The molecule has 0 aliphatic rings. The van der Waals surface area contributed by atoms with Gasteiger partial charge in [0.25, 0.3) is 0 Å². The topological polar surface area (TPSA) is 80.4 Å². The number of nitrogens with two attached hydrogens (primary N) is 1. The molecule has 3 N–H and O–H groups in total. The minimum atomic E-state index is -1.29. The van der Waals surface area contributed by atoms with Crippen LogP contribution in [0.5, 0.6) is 0 Å². The summed E-state index contributed by atoms with van der Waals surface area (Å²) in [7, 11) is -1.29. The lowest BCUT2D eigenvalue weighted by molar-refractivity contribution is -0.136. The van der Waals surface area contributed by atoms with Gasteiger partial charge >= 0.3 is 5.97 Å². The summed E-state index contributed by atoms with van der Waals surface area (Å²) in [6, 6.07) is 0. The summed E-state index contributed by atoms with van der Waals surface area (Å²) < 4.78 is 11.6. The van der Waals surface area contributed by atoms with Crippen molar-refractivity contribution in [2.24, 2.45) is 11.7 Å². The summed E-state index contributed by atoms with van der Waals surface area (Å²) in [5, 5.41) is 8.00. The lowest BCUT2D eigenvalue weighted by Gasteiger charge is -2.11. The first-order valence-corrected chi connectivity index (χ1v) is 6.17. The van der Waals surface area contributed by atoms with Gasteiger partial charge in [-0.2, -0.15) is 0 Å². The van der Waals surface area contributed by atoms with Crippen molar-refractivity contribution in [1.29, 1.82) is 0 Å². The van der Waals surface area contributed by atoms with Crippen LogP contribution in [0.1, 0.15) is 26.7 Å². The zero-order valence-corrected chi connectivity index (χ0v) is 9.55. The molecule has 84 valence electrons. The van der Waals surface area contributed by atoms with Gasteiger partial charge < -0.3 is 10.8 Å². The van der Waals surface area contributed by atoms with E-state index in [1.807, 2.05) is 13.8 Å². The second-order valence-electron chi connectivity index (χ2n) is 3.67. The fraction of sp³-hybridized carbons (Fsp3) is 0.889. The van der Waals surface area contributed by atoms with Crippen molar-refractivity contribution in [3.63, 3.8) is 0 Å². The van der Waals surface area contributed by atoms with Crippen molar-refractivity contribution in [2.45, 2.75) is 31.9 Å². The van der Waals surface area contributed by atoms with Gasteiger partial charge in [0, 0.05) is 16.6 Å². The molecule has 0 amide bonds. The minimum Gasteiger partial charge on any atom is -0.480 e. The highest BCUT2D eigenvalue weighted by Gasteiger charge is 2.23. The maximum Gasteiger partial charge on any atom is 0.319 e. The molecule has 0 spiro atoms. The van der Waals surface area contributed by atoms with E-state index >= 15 is 0 Å². The molecule has 0 aliphatic carbocycles. The van der Waals surface area contributed by atoms with Crippen molar-refractivity contribution in [3.05, 3.63) is 0 Å². The van der Waals surface area contributed by atoms with Crippen LogP contribution in [-0.4, -0.2) is 32.8 Å². The third kappa shape index (κ3) is 5.34. The first-order chi connectivity index (χ1) is 6.49. The van der Waals surface area contributed by atoms with Crippen LogP contribution in [0.2, 0.25) is 0 Å². The predicted octanol–water partition coefficient (Wildman–Crippen LogP) is 0.583. The fourth-order valence-corrected chi connectivity index (χ4v) is 2.62. The molecule has 0 aliphatic heterocycles. The first-order valence-electron chi connectivity index (χ1n) is 4.79.